The minimum Gasteiger partial charge on any atom is -0.495 e. The number of hydrogen-bond acceptors (Lipinski definition) is 6. The van der Waals surface area contributed by atoms with Crippen LogP contribution in [0.2, 0.25) is 5.02 Å². The number of fused-ring (bicyclic) bond motifs is 1. The molecular weight excluding hydrogens is 444 g/mol. The number of ether oxygens (including phenoxy) is 3. The first-order chi connectivity index (χ1) is 14.7. The fraction of sp³-hybridized carbons (Fsp3) is 0.381. The molecule has 0 aromatic heterocycles. The molecule has 0 radical (unpaired) electrons. The Bertz CT molecular complexity index is 1050. The fourth-order valence-electron chi connectivity index (χ4n) is 3.37. The van der Waals surface area contributed by atoms with Gasteiger partial charge in [0.25, 0.3) is 0 Å². The zero-order valence-electron chi connectivity index (χ0n) is 17.5. The summed E-state index contributed by atoms with van der Waals surface area (Å²) in [5, 5.41) is 3.11. The first-order valence-electron chi connectivity index (χ1n) is 9.73. The molecule has 0 spiro atoms. The predicted octanol–water partition coefficient (Wildman–Crippen LogP) is 2.85. The second-order valence-electron chi connectivity index (χ2n) is 7.04. The quantitative estimate of drug-likeness (QED) is 0.640. The molecule has 0 saturated heterocycles. The van der Waals surface area contributed by atoms with Gasteiger partial charge in [-0.15, -0.1) is 0 Å². The number of sulfonamides is 1. The van der Waals surface area contributed by atoms with E-state index in [0.717, 1.165) is 10.6 Å². The maximum absolute atomic E-state index is 13.0. The number of para-hydroxylation sites is 2. The lowest BCUT2D eigenvalue weighted by Crippen LogP contribution is -2.51. The monoisotopic (exact) mass is 468 g/mol. The zero-order valence-corrected chi connectivity index (χ0v) is 19.1. The smallest absolute Gasteiger partial charge is 0.244 e. The number of halogens is 1. The number of amides is 1. The maximum atomic E-state index is 13.0. The molecular formula is C21H25ClN2O6S. The highest BCUT2D eigenvalue weighted by Crippen LogP contribution is 2.35. The molecule has 1 amide bonds. The Kier molecular flexibility index (Phi) is 7.17. The van der Waals surface area contributed by atoms with Gasteiger partial charge in [-0.3, -0.25) is 9.10 Å². The van der Waals surface area contributed by atoms with Crippen molar-refractivity contribution in [2.24, 2.45) is 0 Å². The summed E-state index contributed by atoms with van der Waals surface area (Å²) in [6.45, 7) is 2.16. The molecule has 2 aromatic rings. The second-order valence-corrected chi connectivity index (χ2v) is 9.34. The van der Waals surface area contributed by atoms with Gasteiger partial charge in [-0.25, -0.2) is 8.42 Å². The number of benzene rings is 2. The largest absolute Gasteiger partial charge is 0.495 e. The molecule has 168 valence electrons. The van der Waals surface area contributed by atoms with E-state index < -0.39 is 28.1 Å². The van der Waals surface area contributed by atoms with E-state index in [2.05, 4.69) is 5.32 Å². The highest BCUT2D eigenvalue weighted by Gasteiger charge is 2.34. The second kappa shape index (κ2) is 9.65. The van der Waals surface area contributed by atoms with E-state index in [4.69, 9.17) is 25.8 Å². The van der Waals surface area contributed by atoms with Crippen molar-refractivity contribution in [1.82, 2.24) is 5.32 Å². The normalized spacial score (nSPS) is 16.3. The van der Waals surface area contributed by atoms with Gasteiger partial charge < -0.3 is 19.5 Å². The Morgan fingerprint density at radius 1 is 1.29 bits per heavy atom. The zero-order chi connectivity index (χ0) is 22.6. The molecule has 31 heavy (non-hydrogen) atoms. The highest BCUT2D eigenvalue weighted by atomic mass is 35.5. The van der Waals surface area contributed by atoms with E-state index in [1.807, 2.05) is 12.1 Å². The fourth-order valence-corrected chi connectivity index (χ4v) is 4.74. The number of hydrogen-bond donors (Lipinski definition) is 1. The molecule has 1 heterocycles. The van der Waals surface area contributed by atoms with Crippen LogP contribution >= 0.6 is 11.6 Å². The van der Waals surface area contributed by atoms with Gasteiger partial charge in [0.15, 0.2) is 11.5 Å². The van der Waals surface area contributed by atoms with E-state index in [0.29, 0.717) is 22.3 Å². The first kappa shape index (κ1) is 23.0. The minimum atomic E-state index is -3.83. The van der Waals surface area contributed by atoms with Gasteiger partial charge in [-0.2, -0.15) is 0 Å². The molecule has 0 unspecified atom stereocenters. The molecule has 2 atom stereocenters. The van der Waals surface area contributed by atoms with Crippen LogP contribution in [-0.4, -0.2) is 53.0 Å². The Morgan fingerprint density at radius 2 is 2.00 bits per heavy atom. The predicted molar refractivity (Wildman–Crippen MR) is 119 cm³/mol. The summed E-state index contributed by atoms with van der Waals surface area (Å²) in [5.74, 6) is 1.08. The lowest BCUT2D eigenvalue weighted by Gasteiger charge is -2.32. The van der Waals surface area contributed by atoms with Crippen LogP contribution in [0.3, 0.4) is 0 Å². The Hall–Kier alpha value is -2.65. The van der Waals surface area contributed by atoms with E-state index in [1.165, 1.54) is 13.2 Å². The van der Waals surface area contributed by atoms with E-state index in [9.17, 15) is 13.2 Å². The van der Waals surface area contributed by atoms with Gasteiger partial charge in [-0.05, 0) is 36.8 Å². The van der Waals surface area contributed by atoms with Crippen molar-refractivity contribution < 1.29 is 27.4 Å². The molecule has 0 aliphatic carbocycles. The van der Waals surface area contributed by atoms with Gasteiger partial charge in [0.1, 0.15) is 24.5 Å². The van der Waals surface area contributed by atoms with Crippen LogP contribution < -0.4 is 23.8 Å². The molecule has 2 aromatic carbocycles. The number of nitrogens with zero attached hydrogens (tertiary/aromatic N) is 1. The summed E-state index contributed by atoms with van der Waals surface area (Å²) >= 11 is 6.09. The number of nitrogens with one attached hydrogen (secondary N) is 1. The number of anilines is 1. The van der Waals surface area contributed by atoms with Crippen LogP contribution in [0, 0.1) is 0 Å². The van der Waals surface area contributed by atoms with Crippen molar-refractivity contribution in [3.05, 3.63) is 47.5 Å². The van der Waals surface area contributed by atoms with Crippen molar-refractivity contribution in [1.29, 1.82) is 0 Å². The number of methoxy groups -OCH3 is 1. The minimum absolute atomic E-state index is 0.161. The summed E-state index contributed by atoms with van der Waals surface area (Å²) in [5.41, 5.74) is 0.200. The van der Waals surface area contributed by atoms with Crippen molar-refractivity contribution in [2.45, 2.75) is 25.5 Å². The summed E-state index contributed by atoms with van der Waals surface area (Å²) in [4.78, 5) is 13.0. The maximum Gasteiger partial charge on any atom is 0.244 e. The van der Waals surface area contributed by atoms with E-state index in [-0.39, 0.29) is 25.3 Å². The summed E-state index contributed by atoms with van der Waals surface area (Å²) < 4.78 is 43.2. The number of carbonyl (C=O) groups is 1. The van der Waals surface area contributed by atoms with Crippen LogP contribution in [0.1, 0.15) is 13.3 Å². The number of rotatable bonds is 8. The molecule has 8 nitrogen and oxygen atoms in total. The molecule has 3 rings (SSSR count). The van der Waals surface area contributed by atoms with Gasteiger partial charge in [0.05, 0.1) is 25.6 Å². The molecule has 1 aliphatic heterocycles. The van der Waals surface area contributed by atoms with Gasteiger partial charge in [-0.1, -0.05) is 30.7 Å². The molecule has 0 saturated carbocycles. The summed E-state index contributed by atoms with van der Waals surface area (Å²) in [6.07, 6.45) is 0.876. The first-order valence-corrected chi connectivity index (χ1v) is 12.0. The van der Waals surface area contributed by atoms with Crippen LogP contribution in [0.15, 0.2) is 42.5 Å². The third kappa shape index (κ3) is 5.34. The van der Waals surface area contributed by atoms with E-state index >= 15 is 0 Å². The van der Waals surface area contributed by atoms with Crippen LogP contribution in [0.4, 0.5) is 5.69 Å². The lowest BCUT2D eigenvalue weighted by molar-refractivity contribution is -0.122. The topological polar surface area (TPSA) is 94.2 Å². The Labute approximate surface area is 187 Å². The Balaban J connectivity index is 1.78. The van der Waals surface area contributed by atoms with Crippen molar-refractivity contribution in [3.8, 4) is 17.2 Å². The van der Waals surface area contributed by atoms with Crippen LogP contribution in [0.25, 0.3) is 0 Å². The van der Waals surface area contributed by atoms with Gasteiger partial charge >= 0.3 is 0 Å². The third-order valence-corrected chi connectivity index (χ3v) is 6.18. The highest BCUT2D eigenvalue weighted by molar-refractivity contribution is 7.92. The lowest BCUT2D eigenvalue weighted by atomic mass is 10.1. The molecule has 1 N–H and O–H groups in total. The van der Waals surface area contributed by atoms with Gasteiger partial charge in [0, 0.05) is 5.02 Å². The molecule has 10 heteroatoms. The molecule has 1 aliphatic rings. The average molecular weight is 469 g/mol. The molecule has 0 fully saturated rings. The van der Waals surface area contributed by atoms with Crippen molar-refractivity contribution >= 4 is 33.2 Å². The van der Waals surface area contributed by atoms with Crippen molar-refractivity contribution in [2.75, 3.05) is 30.8 Å². The standard InChI is InChI=1S/C21H25ClN2O6S/c1-4-16(24(31(3,26)27)17-11-14(22)9-10-18(17)28-2)21(25)23-12-15-13-29-19-7-5-6-8-20(19)30-15/h5-11,15-16H,4,12-13H2,1-3H3,(H,23,25)/t15-,16-/m0/s1. The van der Waals surface area contributed by atoms with Gasteiger partial charge in [0.2, 0.25) is 15.9 Å². The third-order valence-electron chi connectivity index (χ3n) is 4.78. The Morgan fingerprint density at radius 3 is 2.65 bits per heavy atom. The van der Waals surface area contributed by atoms with Crippen LogP contribution in [-0.2, 0) is 14.8 Å². The summed E-state index contributed by atoms with van der Waals surface area (Å²) in [6, 6.07) is 10.9. The van der Waals surface area contributed by atoms with Crippen LogP contribution in [0.5, 0.6) is 17.2 Å². The number of carbonyl (C=O) groups excluding carboxylic acids is 1. The van der Waals surface area contributed by atoms with Crippen molar-refractivity contribution in [3.63, 3.8) is 0 Å². The SMILES string of the molecule is CC[C@@H](C(=O)NC[C@H]1COc2ccccc2O1)N(c1cc(Cl)ccc1OC)S(C)(=O)=O. The molecule has 0 bridgehead atoms. The van der Waals surface area contributed by atoms with E-state index in [1.54, 1.807) is 31.2 Å². The average Bonchev–Trinajstić information content (AvgIpc) is 2.74. The summed E-state index contributed by atoms with van der Waals surface area (Å²) in [7, 11) is -2.41.